The normalized spacial score (nSPS) is 11.2. The van der Waals surface area contributed by atoms with Gasteiger partial charge in [-0.05, 0) is 37.5 Å². The van der Waals surface area contributed by atoms with E-state index < -0.39 is 0 Å². The highest BCUT2D eigenvalue weighted by atomic mass is 32.1. The molecule has 1 N–H and O–H groups in total. The number of aliphatic hydroxyl groups excluding tert-OH is 1. The zero-order chi connectivity index (χ0) is 11.5. The third-order valence-corrected chi connectivity index (χ3v) is 3.51. The molecular weight excluding hydrogens is 220 g/mol. The summed E-state index contributed by atoms with van der Waals surface area (Å²) in [7, 11) is 0. The van der Waals surface area contributed by atoms with Gasteiger partial charge in [-0.15, -0.1) is 0 Å². The molecule has 0 unspecified atom stereocenters. The van der Waals surface area contributed by atoms with Crippen molar-refractivity contribution in [2.24, 2.45) is 0 Å². The van der Waals surface area contributed by atoms with E-state index in [0.717, 1.165) is 10.5 Å². The van der Waals surface area contributed by atoms with E-state index in [1.807, 2.05) is 18.2 Å². The van der Waals surface area contributed by atoms with E-state index in [4.69, 9.17) is 5.11 Å². The van der Waals surface area contributed by atoms with Crippen molar-refractivity contribution in [1.82, 2.24) is 4.37 Å². The minimum atomic E-state index is 0.171. The van der Waals surface area contributed by atoms with Crippen LogP contribution in [0.2, 0.25) is 0 Å². The first-order chi connectivity index (χ1) is 7.74. The van der Waals surface area contributed by atoms with Gasteiger partial charge in [0.15, 0.2) is 0 Å². The first-order valence-corrected chi connectivity index (χ1v) is 6.23. The van der Waals surface area contributed by atoms with Crippen molar-refractivity contribution in [2.75, 3.05) is 18.1 Å². The molecule has 2 rings (SSSR count). The Morgan fingerprint density at radius 2 is 2.12 bits per heavy atom. The molecule has 0 bridgehead atoms. The maximum Gasteiger partial charge on any atom is 0.120 e. The summed E-state index contributed by atoms with van der Waals surface area (Å²) in [5, 5.41) is 11.4. The summed E-state index contributed by atoms with van der Waals surface area (Å²) >= 11 is 1.50. The minimum Gasteiger partial charge on any atom is -0.395 e. The number of rotatable bonds is 4. The highest BCUT2D eigenvalue weighted by molar-refractivity contribution is 7.11. The second-order valence-electron chi connectivity index (χ2n) is 4.02. The second kappa shape index (κ2) is 4.80. The summed E-state index contributed by atoms with van der Waals surface area (Å²) in [5.41, 5.74) is 1.03. The first kappa shape index (κ1) is 11.4. The quantitative estimate of drug-likeness (QED) is 0.886. The van der Waals surface area contributed by atoms with Gasteiger partial charge in [0.2, 0.25) is 0 Å². The average Bonchev–Trinajstić information content (AvgIpc) is 2.69. The van der Waals surface area contributed by atoms with Crippen molar-refractivity contribution in [1.29, 1.82) is 0 Å². The highest BCUT2D eigenvalue weighted by Gasteiger charge is 2.15. The molecule has 0 fully saturated rings. The molecule has 0 amide bonds. The monoisotopic (exact) mass is 236 g/mol. The van der Waals surface area contributed by atoms with E-state index in [9.17, 15) is 0 Å². The summed E-state index contributed by atoms with van der Waals surface area (Å²) < 4.78 is 4.42. The van der Waals surface area contributed by atoms with Crippen molar-refractivity contribution >= 4 is 27.4 Å². The highest BCUT2D eigenvalue weighted by Crippen LogP contribution is 2.31. The van der Waals surface area contributed by atoms with Gasteiger partial charge in [0.25, 0.3) is 0 Å². The summed E-state index contributed by atoms with van der Waals surface area (Å²) in [6.07, 6.45) is 0. The average molecular weight is 236 g/mol. The van der Waals surface area contributed by atoms with Crippen LogP contribution in [-0.4, -0.2) is 28.7 Å². The molecule has 1 heterocycles. The van der Waals surface area contributed by atoms with Crippen LogP contribution in [0.25, 0.3) is 10.9 Å². The van der Waals surface area contributed by atoms with Crippen LogP contribution in [0.3, 0.4) is 0 Å². The van der Waals surface area contributed by atoms with Crippen molar-refractivity contribution < 1.29 is 5.11 Å². The van der Waals surface area contributed by atoms with Gasteiger partial charge < -0.3 is 10.0 Å². The molecule has 0 aliphatic heterocycles. The van der Waals surface area contributed by atoms with E-state index in [1.165, 1.54) is 16.9 Å². The van der Waals surface area contributed by atoms with Crippen molar-refractivity contribution in [2.45, 2.75) is 19.9 Å². The molecule has 0 saturated carbocycles. The van der Waals surface area contributed by atoms with Gasteiger partial charge in [0.05, 0.1) is 12.1 Å². The molecule has 0 atom stereocenters. The van der Waals surface area contributed by atoms with Gasteiger partial charge in [-0.2, -0.15) is 4.37 Å². The molecule has 1 aromatic heterocycles. The minimum absolute atomic E-state index is 0.171. The molecule has 0 aliphatic carbocycles. The van der Waals surface area contributed by atoms with Crippen molar-refractivity contribution in [3.05, 3.63) is 24.3 Å². The number of fused-ring (bicyclic) bond motifs is 1. The fourth-order valence-electron chi connectivity index (χ4n) is 1.78. The standard InChI is InChI=1S/C12H16N2OS/c1-9(2)14(7-8-15)12-10-5-3-4-6-11(10)13-16-12/h3-6,9,15H,7-8H2,1-2H3. The third kappa shape index (κ3) is 2.03. The predicted molar refractivity (Wildman–Crippen MR) is 69.2 cm³/mol. The Morgan fingerprint density at radius 3 is 2.81 bits per heavy atom. The van der Waals surface area contributed by atoms with Crippen LogP contribution < -0.4 is 4.90 Å². The number of hydrogen-bond donors (Lipinski definition) is 1. The molecule has 0 spiro atoms. The van der Waals surface area contributed by atoms with Gasteiger partial charge in [0.1, 0.15) is 5.00 Å². The largest absolute Gasteiger partial charge is 0.395 e. The smallest absolute Gasteiger partial charge is 0.120 e. The van der Waals surface area contributed by atoms with Crippen LogP contribution in [0.4, 0.5) is 5.00 Å². The Balaban J connectivity index is 2.44. The van der Waals surface area contributed by atoms with Crippen LogP contribution in [0.5, 0.6) is 0 Å². The van der Waals surface area contributed by atoms with Crippen LogP contribution in [-0.2, 0) is 0 Å². The van der Waals surface area contributed by atoms with E-state index >= 15 is 0 Å². The van der Waals surface area contributed by atoms with Gasteiger partial charge >= 0.3 is 0 Å². The first-order valence-electron chi connectivity index (χ1n) is 5.46. The molecule has 0 aliphatic rings. The summed E-state index contributed by atoms with van der Waals surface area (Å²) in [6, 6.07) is 8.50. The third-order valence-electron chi connectivity index (χ3n) is 2.59. The SMILES string of the molecule is CC(C)N(CCO)c1snc2ccccc12. The summed E-state index contributed by atoms with van der Waals surface area (Å²) in [6.45, 7) is 5.09. The Morgan fingerprint density at radius 1 is 1.38 bits per heavy atom. The molecular formula is C12H16N2OS. The van der Waals surface area contributed by atoms with E-state index in [2.05, 4.69) is 29.2 Å². The fraction of sp³-hybridized carbons (Fsp3) is 0.417. The zero-order valence-electron chi connectivity index (χ0n) is 9.55. The molecule has 16 heavy (non-hydrogen) atoms. The summed E-state index contributed by atoms with van der Waals surface area (Å²) in [4.78, 5) is 2.19. The molecule has 1 aromatic carbocycles. The Bertz CT molecular complexity index is 467. The molecule has 2 aromatic rings. The number of aliphatic hydroxyl groups is 1. The Labute approximate surface area is 99.5 Å². The van der Waals surface area contributed by atoms with Crippen LogP contribution >= 0.6 is 11.5 Å². The lowest BCUT2D eigenvalue weighted by molar-refractivity contribution is 0.299. The number of nitrogens with zero attached hydrogens (tertiary/aromatic N) is 2. The van der Waals surface area contributed by atoms with Crippen LogP contribution in [0, 0.1) is 0 Å². The fourth-order valence-corrected chi connectivity index (χ4v) is 2.81. The van der Waals surface area contributed by atoms with E-state index in [1.54, 1.807) is 0 Å². The lowest BCUT2D eigenvalue weighted by Crippen LogP contribution is -2.32. The zero-order valence-corrected chi connectivity index (χ0v) is 10.4. The van der Waals surface area contributed by atoms with Gasteiger partial charge in [-0.1, -0.05) is 12.1 Å². The molecule has 0 radical (unpaired) electrons. The Hall–Kier alpha value is -1.13. The maximum absolute atomic E-state index is 9.10. The molecule has 3 nitrogen and oxygen atoms in total. The second-order valence-corrected chi connectivity index (χ2v) is 4.77. The van der Waals surface area contributed by atoms with Gasteiger partial charge in [0, 0.05) is 18.0 Å². The number of aromatic nitrogens is 1. The summed E-state index contributed by atoms with van der Waals surface area (Å²) in [5.74, 6) is 0. The number of anilines is 1. The number of hydrogen-bond acceptors (Lipinski definition) is 4. The van der Waals surface area contributed by atoms with Crippen molar-refractivity contribution in [3.63, 3.8) is 0 Å². The lowest BCUT2D eigenvalue weighted by atomic mass is 10.2. The molecule has 0 saturated heterocycles. The van der Waals surface area contributed by atoms with E-state index in [0.29, 0.717) is 12.6 Å². The molecule has 86 valence electrons. The topological polar surface area (TPSA) is 36.4 Å². The van der Waals surface area contributed by atoms with Crippen LogP contribution in [0.15, 0.2) is 24.3 Å². The maximum atomic E-state index is 9.10. The predicted octanol–water partition coefficient (Wildman–Crippen LogP) is 2.50. The number of benzene rings is 1. The molecule has 4 heteroatoms. The van der Waals surface area contributed by atoms with E-state index in [-0.39, 0.29) is 6.61 Å². The van der Waals surface area contributed by atoms with Crippen molar-refractivity contribution in [3.8, 4) is 0 Å². The van der Waals surface area contributed by atoms with Gasteiger partial charge in [-0.3, -0.25) is 0 Å². The Kier molecular flexibility index (Phi) is 3.41. The van der Waals surface area contributed by atoms with Crippen LogP contribution in [0.1, 0.15) is 13.8 Å². The lowest BCUT2D eigenvalue weighted by Gasteiger charge is -2.26. The van der Waals surface area contributed by atoms with Gasteiger partial charge in [-0.25, -0.2) is 0 Å².